The quantitative estimate of drug-likeness (QED) is 0.735. The van der Waals surface area contributed by atoms with E-state index in [9.17, 15) is 0 Å². The van der Waals surface area contributed by atoms with Crippen molar-refractivity contribution in [3.8, 4) is 0 Å². The molecule has 1 aliphatic rings. The lowest BCUT2D eigenvalue weighted by atomic mass is 9.85. The standard InChI is InChI=1S/C15H32N2/c1-13(2)10-16-11-15(8-6-7-9-15)12-17(5)14(3)4/h13-14,16H,6-12H2,1-5H3. The minimum absolute atomic E-state index is 0.550. The summed E-state index contributed by atoms with van der Waals surface area (Å²) in [6.45, 7) is 12.8. The van der Waals surface area contributed by atoms with Gasteiger partial charge in [0.1, 0.15) is 0 Å². The summed E-state index contributed by atoms with van der Waals surface area (Å²) < 4.78 is 0. The highest BCUT2D eigenvalue weighted by Gasteiger charge is 2.34. The number of hydrogen-bond donors (Lipinski definition) is 1. The monoisotopic (exact) mass is 240 g/mol. The molecule has 0 aliphatic heterocycles. The van der Waals surface area contributed by atoms with Crippen LogP contribution >= 0.6 is 0 Å². The molecule has 17 heavy (non-hydrogen) atoms. The molecule has 0 aromatic carbocycles. The van der Waals surface area contributed by atoms with Gasteiger partial charge in [0.25, 0.3) is 0 Å². The molecule has 0 saturated heterocycles. The summed E-state index contributed by atoms with van der Waals surface area (Å²) in [6, 6.07) is 0.664. The van der Waals surface area contributed by atoms with Crippen molar-refractivity contribution in [1.29, 1.82) is 0 Å². The Balaban J connectivity index is 2.44. The maximum Gasteiger partial charge on any atom is 0.00498 e. The number of rotatable bonds is 7. The van der Waals surface area contributed by atoms with E-state index in [4.69, 9.17) is 0 Å². The van der Waals surface area contributed by atoms with Gasteiger partial charge in [-0.1, -0.05) is 26.7 Å². The fourth-order valence-corrected chi connectivity index (χ4v) is 2.85. The van der Waals surface area contributed by atoms with Gasteiger partial charge in [-0.25, -0.2) is 0 Å². The van der Waals surface area contributed by atoms with E-state index in [0.29, 0.717) is 11.5 Å². The molecule has 0 amide bonds. The molecule has 0 aromatic rings. The van der Waals surface area contributed by atoms with Crippen LogP contribution in [0.3, 0.4) is 0 Å². The van der Waals surface area contributed by atoms with Gasteiger partial charge in [0.15, 0.2) is 0 Å². The van der Waals surface area contributed by atoms with Crippen molar-refractivity contribution in [2.24, 2.45) is 11.3 Å². The van der Waals surface area contributed by atoms with Crippen molar-refractivity contribution < 1.29 is 0 Å². The summed E-state index contributed by atoms with van der Waals surface area (Å²) in [5.74, 6) is 0.760. The van der Waals surface area contributed by atoms with Crippen molar-refractivity contribution in [1.82, 2.24) is 10.2 Å². The fraction of sp³-hybridized carbons (Fsp3) is 1.00. The summed E-state index contributed by atoms with van der Waals surface area (Å²) in [7, 11) is 2.27. The van der Waals surface area contributed by atoms with Crippen LogP contribution in [0.25, 0.3) is 0 Å². The maximum absolute atomic E-state index is 3.69. The zero-order valence-corrected chi connectivity index (χ0v) is 12.6. The largest absolute Gasteiger partial charge is 0.316 e. The van der Waals surface area contributed by atoms with Gasteiger partial charge in [0, 0.05) is 19.1 Å². The number of nitrogens with one attached hydrogen (secondary N) is 1. The van der Waals surface area contributed by atoms with Gasteiger partial charge < -0.3 is 10.2 Å². The van der Waals surface area contributed by atoms with Gasteiger partial charge in [-0.15, -0.1) is 0 Å². The molecule has 0 radical (unpaired) electrons. The molecule has 1 saturated carbocycles. The maximum atomic E-state index is 3.69. The number of nitrogens with zero attached hydrogens (tertiary/aromatic N) is 1. The third-order valence-electron chi connectivity index (χ3n) is 4.18. The molecule has 2 heteroatoms. The lowest BCUT2D eigenvalue weighted by Crippen LogP contribution is -2.44. The molecule has 0 heterocycles. The topological polar surface area (TPSA) is 15.3 Å². The average Bonchev–Trinajstić information content (AvgIpc) is 2.66. The Morgan fingerprint density at radius 1 is 1.12 bits per heavy atom. The van der Waals surface area contributed by atoms with Gasteiger partial charge in [0.05, 0.1) is 0 Å². The first-order valence-corrected chi connectivity index (χ1v) is 7.36. The minimum atomic E-state index is 0.550. The van der Waals surface area contributed by atoms with E-state index in [1.807, 2.05) is 0 Å². The second-order valence-corrected chi connectivity index (χ2v) is 6.74. The Bertz CT molecular complexity index is 205. The van der Waals surface area contributed by atoms with Gasteiger partial charge in [-0.3, -0.25) is 0 Å². The second kappa shape index (κ2) is 6.75. The smallest absolute Gasteiger partial charge is 0.00498 e. The van der Waals surface area contributed by atoms with Crippen LogP contribution in [0.2, 0.25) is 0 Å². The van der Waals surface area contributed by atoms with E-state index in [0.717, 1.165) is 12.5 Å². The van der Waals surface area contributed by atoms with Crippen molar-refractivity contribution >= 4 is 0 Å². The molecule has 1 rings (SSSR count). The zero-order valence-electron chi connectivity index (χ0n) is 12.6. The van der Waals surface area contributed by atoms with E-state index in [-0.39, 0.29) is 0 Å². The summed E-state index contributed by atoms with van der Waals surface area (Å²) >= 11 is 0. The van der Waals surface area contributed by atoms with Gasteiger partial charge in [-0.05, 0) is 51.6 Å². The molecule has 0 atom stereocenters. The third kappa shape index (κ3) is 4.97. The molecule has 102 valence electrons. The van der Waals surface area contributed by atoms with Crippen LogP contribution in [-0.2, 0) is 0 Å². The van der Waals surface area contributed by atoms with E-state index in [1.165, 1.54) is 38.8 Å². The lowest BCUT2D eigenvalue weighted by molar-refractivity contribution is 0.147. The molecule has 2 nitrogen and oxygen atoms in total. The van der Waals surface area contributed by atoms with E-state index < -0.39 is 0 Å². The van der Waals surface area contributed by atoms with Gasteiger partial charge in [0.2, 0.25) is 0 Å². The molecule has 0 bridgehead atoms. The Labute approximate surface area is 108 Å². The molecule has 0 spiro atoms. The highest BCUT2D eigenvalue weighted by atomic mass is 15.1. The summed E-state index contributed by atoms with van der Waals surface area (Å²) in [6.07, 6.45) is 5.68. The molecule has 0 unspecified atom stereocenters. The summed E-state index contributed by atoms with van der Waals surface area (Å²) in [5.41, 5.74) is 0.550. The summed E-state index contributed by atoms with van der Waals surface area (Å²) in [4.78, 5) is 2.52. The van der Waals surface area contributed by atoms with Crippen molar-refractivity contribution in [2.45, 2.75) is 59.4 Å². The van der Waals surface area contributed by atoms with Gasteiger partial charge in [-0.2, -0.15) is 0 Å². The third-order valence-corrected chi connectivity index (χ3v) is 4.18. The molecule has 1 aliphatic carbocycles. The van der Waals surface area contributed by atoms with E-state index in [1.54, 1.807) is 0 Å². The first-order valence-electron chi connectivity index (χ1n) is 7.36. The van der Waals surface area contributed by atoms with E-state index >= 15 is 0 Å². The first kappa shape index (κ1) is 15.0. The average molecular weight is 240 g/mol. The van der Waals surface area contributed by atoms with Crippen LogP contribution in [0.4, 0.5) is 0 Å². The molecular weight excluding hydrogens is 208 g/mol. The number of hydrogen-bond acceptors (Lipinski definition) is 2. The predicted molar refractivity (Wildman–Crippen MR) is 76.4 cm³/mol. The summed E-state index contributed by atoms with van der Waals surface area (Å²) in [5, 5.41) is 3.69. The Kier molecular flexibility index (Phi) is 5.94. The van der Waals surface area contributed by atoms with E-state index in [2.05, 4.69) is 45.0 Å². The normalized spacial score (nSPS) is 19.8. The zero-order chi connectivity index (χ0) is 12.9. The van der Waals surface area contributed by atoms with Crippen LogP contribution in [-0.4, -0.2) is 37.6 Å². The Hall–Kier alpha value is -0.0800. The van der Waals surface area contributed by atoms with Crippen LogP contribution in [0.1, 0.15) is 53.4 Å². The first-order chi connectivity index (χ1) is 7.95. The highest BCUT2D eigenvalue weighted by molar-refractivity contribution is 4.89. The lowest BCUT2D eigenvalue weighted by Gasteiger charge is -2.36. The molecule has 1 N–H and O–H groups in total. The van der Waals surface area contributed by atoms with Crippen LogP contribution < -0.4 is 5.32 Å². The highest BCUT2D eigenvalue weighted by Crippen LogP contribution is 2.38. The molecule has 0 aromatic heterocycles. The molecule has 1 fully saturated rings. The fourth-order valence-electron chi connectivity index (χ4n) is 2.85. The minimum Gasteiger partial charge on any atom is -0.316 e. The SMILES string of the molecule is CC(C)CNCC1(CN(C)C(C)C)CCCC1. The Morgan fingerprint density at radius 3 is 2.18 bits per heavy atom. The Morgan fingerprint density at radius 2 is 1.71 bits per heavy atom. The molecular formula is C15H32N2. The van der Waals surface area contributed by atoms with Gasteiger partial charge >= 0.3 is 0 Å². The van der Waals surface area contributed by atoms with Crippen molar-refractivity contribution in [3.05, 3.63) is 0 Å². The van der Waals surface area contributed by atoms with Crippen molar-refractivity contribution in [2.75, 3.05) is 26.7 Å². The van der Waals surface area contributed by atoms with Crippen LogP contribution in [0.5, 0.6) is 0 Å². The predicted octanol–water partition coefficient (Wildman–Crippen LogP) is 3.13. The second-order valence-electron chi connectivity index (χ2n) is 6.74. The van der Waals surface area contributed by atoms with Crippen LogP contribution in [0.15, 0.2) is 0 Å². The van der Waals surface area contributed by atoms with Crippen molar-refractivity contribution in [3.63, 3.8) is 0 Å². The van der Waals surface area contributed by atoms with Crippen LogP contribution in [0, 0.1) is 11.3 Å².